The zero-order valence-electron chi connectivity index (χ0n) is 6.86. The predicted octanol–water partition coefficient (Wildman–Crippen LogP) is 1.76. The van der Waals surface area contributed by atoms with E-state index in [0.717, 1.165) is 17.4 Å². The molecule has 0 bridgehead atoms. The molecule has 0 saturated carbocycles. The Bertz CT molecular complexity index is 406. The zero-order valence-corrected chi connectivity index (χ0v) is 6.86. The molecular formula is C9H10N2O. The highest BCUT2D eigenvalue weighted by atomic mass is 16.3. The number of nitrogens with zero attached hydrogens (tertiary/aromatic N) is 2. The number of fused-ring (bicyclic) bond motifs is 1. The normalized spacial score (nSPS) is 10.8. The molecule has 3 heteroatoms. The molecule has 1 N–H and O–H groups in total. The third-order valence-corrected chi connectivity index (χ3v) is 1.97. The second-order valence-electron chi connectivity index (χ2n) is 2.67. The van der Waals surface area contributed by atoms with Gasteiger partial charge < -0.3 is 9.67 Å². The van der Waals surface area contributed by atoms with Crippen molar-refractivity contribution in [1.29, 1.82) is 0 Å². The van der Waals surface area contributed by atoms with Crippen molar-refractivity contribution in [3.63, 3.8) is 0 Å². The molecule has 2 heterocycles. The van der Waals surface area contributed by atoms with Crippen LogP contribution in [-0.4, -0.2) is 14.7 Å². The van der Waals surface area contributed by atoms with Gasteiger partial charge in [-0.25, -0.2) is 0 Å². The molecule has 0 aliphatic rings. The van der Waals surface area contributed by atoms with E-state index in [-0.39, 0.29) is 0 Å². The van der Waals surface area contributed by atoms with Crippen LogP contribution in [0.2, 0.25) is 0 Å². The molecule has 0 unspecified atom stereocenters. The van der Waals surface area contributed by atoms with Gasteiger partial charge in [-0.1, -0.05) is 0 Å². The summed E-state index contributed by atoms with van der Waals surface area (Å²) in [7, 11) is 0. The molecule has 0 aliphatic carbocycles. The Morgan fingerprint density at radius 2 is 2.42 bits per heavy atom. The largest absolute Gasteiger partial charge is 0.494 e. The van der Waals surface area contributed by atoms with E-state index in [0.29, 0.717) is 5.88 Å². The number of aromatic nitrogens is 2. The van der Waals surface area contributed by atoms with E-state index in [1.807, 2.05) is 25.3 Å². The number of aryl methyl sites for hydroxylation is 1. The fourth-order valence-electron chi connectivity index (χ4n) is 1.31. The van der Waals surface area contributed by atoms with E-state index >= 15 is 0 Å². The highest BCUT2D eigenvalue weighted by molar-refractivity contribution is 5.84. The van der Waals surface area contributed by atoms with Gasteiger partial charge in [-0.2, -0.15) is 0 Å². The summed E-state index contributed by atoms with van der Waals surface area (Å²) in [6, 6.07) is 3.69. The van der Waals surface area contributed by atoms with Gasteiger partial charge in [-0.05, 0) is 19.1 Å². The van der Waals surface area contributed by atoms with Crippen LogP contribution in [0.1, 0.15) is 6.92 Å². The molecule has 0 amide bonds. The first-order valence-corrected chi connectivity index (χ1v) is 3.95. The highest BCUT2D eigenvalue weighted by Crippen LogP contribution is 2.24. The summed E-state index contributed by atoms with van der Waals surface area (Å²) in [6.45, 7) is 2.75. The van der Waals surface area contributed by atoms with Crippen LogP contribution in [0.4, 0.5) is 0 Å². The van der Waals surface area contributed by atoms with Crippen LogP contribution >= 0.6 is 0 Å². The standard InChI is InChI=1S/C9H10N2O/c1-2-11-6-8-7(9(11)12)4-3-5-10-8/h3-6,12H,2H2,1H3. The fourth-order valence-corrected chi connectivity index (χ4v) is 1.31. The van der Waals surface area contributed by atoms with Crippen LogP contribution in [0, 0.1) is 0 Å². The first-order chi connectivity index (χ1) is 5.83. The van der Waals surface area contributed by atoms with Crippen LogP contribution in [0.15, 0.2) is 24.5 Å². The lowest BCUT2D eigenvalue weighted by molar-refractivity contribution is 0.427. The number of hydrogen-bond donors (Lipinski definition) is 1. The topological polar surface area (TPSA) is 38.0 Å². The Morgan fingerprint density at radius 1 is 1.58 bits per heavy atom. The second-order valence-corrected chi connectivity index (χ2v) is 2.67. The number of pyridine rings is 1. The number of hydrogen-bond acceptors (Lipinski definition) is 2. The molecule has 0 atom stereocenters. The minimum Gasteiger partial charge on any atom is -0.494 e. The summed E-state index contributed by atoms with van der Waals surface area (Å²) in [5.74, 6) is 0.306. The lowest BCUT2D eigenvalue weighted by Gasteiger charge is -1.96. The van der Waals surface area contributed by atoms with Crippen LogP contribution < -0.4 is 0 Å². The van der Waals surface area contributed by atoms with Crippen molar-refractivity contribution >= 4 is 10.9 Å². The van der Waals surface area contributed by atoms with Gasteiger partial charge in [0.1, 0.15) is 0 Å². The molecule has 12 heavy (non-hydrogen) atoms. The van der Waals surface area contributed by atoms with Gasteiger partial charge in [-0.3, -0.25) is 4.98 Å². The van der Waals surface area contributed by atoms with Crippen molar-refractivity contribution in [2.75, 3.05) is 0 Å². The molecule has 2 aromatic rings. The SMILES string of the molecule is CCn1cc2ncccc2c1O. The number of aromatic hydroxyl groups is 1. The molecule has 2 rings (SSSR count). The van der Waals surface area contributed by atoms with Crippen molar-refractivity contribution in [2.45, 2.75) is 13.5 Å². The lowest BCUT2D eigenvalue weighted by atomic mass is 10.3. The van der Waals surface area contributed by atoms with Gasteiger partial charge in [0.05, 0.1) is 10.9 Å². The third kappa shape index (κ3) is 0.863. The minimum absolute atomic E-state index is 0.306. The van der Waals surface area contributed by atoms with Crippen LogP contribution in [0.5, 0.6) is 5.88 Å². The van der Waals surface area contributed by atoms with Crippen LogP contribution in [0.3, 0.4) is 0 Å². The molecule has 2 aromatic heterocycles. The van der Waals surface area contributed by atoms with Gasteiger partial charge in [0.25, 0.3) is 0 Å². The van der Waals surface area contributed by atoms with Gasteiger partial charge in [0.2, 0.25) is 5.88 Å². The Balaban J connectivity index is 2.78. The van der Waals surface area contributed by atoms with Gasteiger partial charge >= 0.3 is 0 Å². The molecule has 0 fully saturated rings. The van der Waals surface area contributed by atoms with E-state index in [9.17, 15) is 5.11 Å². The van der Waals surface area contributed by atoms with E-state index < -0.39 is 0 Å². The minimum atomic E-state index is 0.306. The van der Waals surface area contributed by atoms with Gasteiger partial charge in [0.15, 0.2) is 0 Å². The second kappa shape index (κ2) is 2.52. The predicted molar refractivity (Wildman–Crippen MR) is 47.1 cm³/mol. The summed E-state index contributed by atoms with van der Waals surface area (Å²) in [6.07, 6.45) is 3.58. The van der Waals surface area contributed by atoms with E-state index in [1.54, 1.807) is 10.8 Å². The smallest absolute Gasteiger partial charge is 0.200 e. The van der Waals surface area contributed by atoms with Crippen molar-refractivity contribution in [2.24, 2.45) is 0 Å². The van der Waals surface area contributed by atoms with Crippen LogP contribution in [-0.2, 0) is 6.54 Å². The van der Waals surface area contributed by atoms with Crippen molar-refractivity contribution in [3.8, 4) is 5.88 Å². The van der Waals surface area contributed by atoms with E-state index in [1.165, 1.54) is 0 Å². The highest BCUT2D eigenvalue weighted by Gasteiger charge is 2.05. The molecule has 0 saturated heterocycles. The average molecular weight is 162 g/mol. The summed E-state index contributed by atoms with van der Waals surface area (Å²) in [4.78, 5) is 4.13. The summed E-state index contributed by atoms with van der Waals surface area (Å²) < 4.78 is 1.78. The van der Waals surface area contributed by atoms with Crippen molar-refractivity contribution in [1.82, 2.24) is 9.55 Å². The van der Waals surface area contributed by atoms with Gasteiger partial charge in [-0.15, -0.1) is 0 Å². The molecule has 3 nitrogen and oxygen atoms in total. The van der Waals surface area contributed by atoms with Crippen molar-refractivity contribution in [3.05, 3.63) is 24.5 Å². The first-order valence-electron chi connectivity index (χ1n) is 3.95. The van der Waals surface area contributed by atoms with Crippen LogP contribution in [0.25, 0.3) is 10.9 Å². The molecule has 62 valence electrons. The summed E-state index contributed by atoms with van der Waals surface area (Å²) in [5.41, 5.74) is 0.844. The molecule has 0 spiro atoms. The Morgan fingerprint density at radius 3 is 3.08 bits per heavy atom. The number of rotatable bonds is 1. The molecule has 0 radical (unpaired) electrons. The summed E-state index contributed by atoms with van der Waals surface area (Å²) in [5, 5.41) is 10.4. The quantitative estimate of drug-likeness (QED) is 0.693. The third-order valence-electron chi connectivity index (χ3n) is 1.97. The summed E-state index contributed by atoms with van der Waals surface area (Å²) >= 11 is 0. The van der Waals surface area contributed by atoms with E-state index in [4.69, 9.17) is 0 Å². The van der Waals surface area contributed by atoms with Gasteiger partial charge in [0, 0.05) is 18.9 Å². The molecule has 0 aliphatic heterocycles. The maximum atomic E-state index is 9.61. The van der Waals surface area contributed by atoms with Crippen molar-refractivity contribution < 1.29 is 5.11 Å². The molecular weight excluding hydrogens is 152 g/mol. The Labute approximate surface area is 70.3 Å². The fraction of sp³-hybridized carbons (Fsp3) is 0.222. The Kier molecular flexibility index (Phi) is 1.50. The maximum absolute atomic E-state index is 9.61. The monoisotopic (exact) mass is 162 g/mol. The first kappa shape index (κ1) is 7.16. The zero-order chi connectivity index (χ0) is 8.55. The molecule has 0 aromatic carbocycles. The lowest BCUT2D eigenvalue weighted by Crippen LogP contribution is -1.88. The average Bonchev–Trinajstić information content (AvgIpc) is 2.44. The van der Waals surface area contributed by atoms with E-state index in [2.05, 4.69) is 4.98 Å². The maximum Gasteiger partial charge on any atom is 0.200 e. The Hall–Kier alpha value is -1.51.